The van der Waals surface area contributed by atoms with Gasteiger partial charge in [-0.15, -0.1) is 0 Å². The van der Waals surface area contributed by atoms with E-state index in [1.807, 2.05) is 0 Å². The van der Waals surface area contributed by atoms with Crippen LogP contribution in [0.15, 0.2) is 42.5 Å². The minimum absolute atomic E-state index is 0.0198. The van der Waals surface area contributed by atoms with Crippen LogP contribution in [-0.4, -0.2) is 44.7 Å². The third kappa shape index (κ3) is 5.73. The molecule has 8 heteroatoms. The molecular weight excluding hydrogens is 388 g/mol. The van der Waals surface area contributed by atoms with E-state index in [2.05, 4.69) is 10.6 Å². The Kier molecular flexibility index (Phi) is 6.90. The Bertz CT molecular complexity index is 939. The molecule has 0 unspecified atom stereocenters. The fourth-order valence-corrected chi connectivity index (χ4v) is 2.82. The number of rotatable bonds is 9. The Balaban J connectivity index is 1.52. The maximum atomic E-state index is 12.3. The summed E-state index contributed by atoms with van der Waals surface area (Å²) in [5.74, 6) is -0.265. The highest BCUT2D eigenvalue weighted by Crippen LogP contribution is 2.27. The largest absolute Gasteiger partial charge is 0.493 e. The van der Waals surface area contributed by atoms with Gasteiger partial charge in [0.15, 0.2) is 18.1 Å². The van der Waals surface area contributed by atoms with E-state index in [-0.39, 0.29) is 18.4 Å². The van der Waals surface area contributed by atoms with Gasteiger partial charge in [0.2, 0.25) is 0 Å². The van der Waals surface area contributed by atoms with E-state index in [1.165, 1.54) is 14.2 Å². The van der Waals surface area contributed by atoms with E-state index in [0.29, 0.717) is 28.3 Å². The highest BCUT2D eigenvalue weighted by atomic mass is 16.5. The number of hydrogen-bond donors (Lipinski definition) is 2. The van der Waals surface area contributed by atoms with Gasteiger partial charge in [0, 0.05) is 6.04 Å². The van der Waals surface area contributed by atoms with Crippen molar-refractivity contribution in [3.8, 4) is 11.5 Å². The van der Waals surface area contributed by atoms with Gasteiger partial charge in [-0.25, -0.2) is 0 Å². The van der Waals surface area contributed by atoms with Gasteiger partial charge in [0.1, 0.15) is 0 Å². The van der Waals surface area contributed by atoms with Crippen molar-refractivity contribution in [2.24, 2.45) is 0 Å². The molecule has 158 valence electrons. The Morgan fingerprint density at radius 2 is 1.73 bits per heavy atom. The minimum atomic E-state index is -0.558. The molecular formula is C22H24N2O6. The van der Waals surface area contributed by atoms with Gasteiger partial charge in [-0.3, -0.25) is 14.4 Å². The lowest BCUT2D eigenvalue weighted by molar-refractivity contribution is -0.146. The van der Waals surface area contributed by atoms with E-state index in [9.17, 15) is 14.4 Å². The summed E-state index contributed by atoms with van der Waals surface area (Å²) in [4.78, 5) is 36.6. The highest BCUT2D eigenvalue weighted by Gasteiger charge is 2.25. The van der Waals surface area contributed by atoms with Crippen molar-refractivity contribution in [2.75, 3.05) is 26.1 Å². The lowest BCUT2D eigenvalue weighted by atomic mass is 10.1. The molecule has 0 aromatic heterocycles. The number of carbonyl (C=O) groups excluding carboxylic acids is 3. The number of carbonyl (C=O) groups is 3. The second-order valence-corrected chi connectivity index (χ2v) is 6.87. The third-order valence-corrected chi connectivity index (χ3v) is 4.52. The Morgan fingerprint density at radius 1 is 1.00 bits per heavy atom. The van der Waals surface area contributed by atoms with Crippen LogP contribution in [0.3, 0.4) is 0 Å². The lowest BCUT2D eigenvalue weighted by Gasteiger charge is -2.12. The number of hydrogen-bond acceptors (Lipinski definition) is 6. The first-order valence-electron chi connectivity index (χ1n) is 9.56. The van der Waals surface area contributed by atoms with Crippen LogP contribution in [0.25, 0.3) is 0 Å². The molecule has 1 saturated carbocycles. The fraction of sp³-hybridized carbons (Fsp3) is 0.318. The minimum Gasteiger partial charge on any atom is -0.493 e. The van der Waals surface area contributed by atoms with Gasteiger partial charge in [-0.2, -0.15) is 0 Å². The summed E-state index contributed by atoms with van der Waals surface area (Å²) in [6.45, 7) is -0.454. The number of anilines is 1. The van der Waals surface area contributed by atoms with Crippen molar-refractivity contribution < 1.29 is 28.6 Å². The average Bonchev–Trinajstić information content (AvgIpc) is 3.56. The van der Waals surface area contributed by atoms with E-state index in [4.69, 9.17) is 14.2 Å². The smallest absolute Gasteiger partial charge is 0.310 e. The summed E-state index contributed by atoms with van der Waals surface area (Å²) in [7, 11) is 3.03. The fourth-order valence-electron chi connectivity index (χ4n) is 2.82. The van der Waals surface area contributed by atoms with Crippen LogP contribution in [0.4, 0.5) is 5.69 Å². The third-order valence-electron chi connectivity index (χ3n) is 4.52. The van der Waals surface area contributed by atoms with Crippen molar-refractivity contribution in [3.63, 3.8) is 0 Å². The molecule has 2 amide bonds. The van der Waals surface area contributed by atoms with E-state index < -0.39 is 18.5 Å². The van der Waals surface area contributed by atoms with E-state index in [0.717, 1.165) is 12.8 Å². The summed E-state index contributed by atoms with van der Waals surface area (Å²) in [6.07, 6.45) is 1.92. The monoisotopic (exact) mass is 412 g/mol. The second-order valence-electron chi connectivity index (χ2n) is 6.87. The van der Waals surface area contributed by atoms with Crippen LogP contribution in [0, 0.1) is 0 Å². The second kappa shape index (κ2) is 9.78. The molecule has 0 atom stereocenters. The van der Waals surface area contributed by atoms with Gasteiger partial charge in [-0.05, 0) is 42.7 Å². The van der Waals surface area contributed by atoms with Crippen molar-refractivity contribution in [2.45, 2.75) is 25.3 Å². The molecule has 2 N–H and O–H groups in total. The maximum absolute atomic E-state index is 12.3. The average molecular weight is 412 g/mol. The molecule has 2 aromatic carbocycles. The van der Waals surface area contributed by atoms with Crippen LogP contribution in [0.5, 0.6) is 11.5 Å². The SMILES string of the molecule is COc1ccc(CC(=O)OCC(=O)Nc2ccccc2C(=O)NC2CC2)cc1OC. The highest BCUT2D eigenvalue weighted by molar-refractivity contribution is 6.04. The Morgan fingerprint density at radius 3 is 2.43 bits per heavy atom. The van der Waals surface area contributed by atoms with Crippen molar-refractivity contribution in [3.05, 3.63) is 53.6 Å². The number of methoxy groups -OCH3 is 2. The molecule has 0 saturated heterocycles. The van der Waals surface area contributed by atoms with Crippen LogP contribution in [-0.2, 0) is 20.7 Å². The quantitative estimate of drug-likeness (QED) is 0.613. The molecule has 1 aliphatic carbocycles. The molecule has 0 heterocycles. The first-order chi connectivity index (χ1) is 14.5. The number of nitrogens with one attached hydrogen (secondary N) is 2. The van der Waals surface area contributed by atoms with Crippen LogP contribution >= 0.6 is 0 Å². The molecule has 0 bridgehead atoms. The summed E-state index contributed by atoms with van der Waals surface area (Å²) in [5, 5.41) is 5.51. The zero-order chi connectivity index (χ0) is 21.5. The predicted octanol–water partition coefficient (Wildman–Crippen LogP) is 2.32. The summed E-state index contributed by atoms with van der Waals surface area (Å²) in [5.41, 5.74) is 1.41. The van der Waals surface area contributed by atoms with Crippen LogP contribution < -0.4 is 20.1 Å². The molecule has 8 nitrogen and oxygen atoms in total. The van der Waals surface area contributed by atoms with Gasteiger partial charge in [0.25, 0.3) is 11.8 Å². The Labute approximate surface area is 174 Å². The number of para-hydroxylation sites is 1. The van der Waals surface area contributed by atoms with Crippen molar-refractivity contribution >= 4 is 23.5 Å². The zero-order valence-corrected chi connectivity index (χ0v) is 16.9. The molecule has 1 aliphatic rings. The van der Waals surface area contributed by atoms with Crippen LogP contribution in [0.1, 0.15) is 28.8 Å². The van der Waals surface area contributed by atoms with Crippen molar-refractivity contribution in [1.29, 1.82) is 0 Å². The first kappa shape index (κ1) is 21.2. The maximum Gasteiger partial charge on any atom is 0.310 e. The van der Waals surface area contributed by atoms with Gasteiger partial charge < -0.3 is 24.8 Å². The van der Waals surface area contributed by atoms with Gasteiger partial charge in [-0.1, -0.05) is 18.2 Å². The van der Waals surface area contributed by atoms with Gasteiger partial charge in [0.05, 0.1) is 31.9 Å². The molecule has 0 aliphatic heterocycles. The Hall–Kier alpha value is -3.55. The summed E-state index contributed by atoms with van der Waals surface area (Å²) < 4.78 is 15.4. The number of ether oxygens (including phenoxy) is 3. The molecule has 3 rings (SSSR count). The molecule has 1 fully saturated rings. The standard InChI is InChI=1S/C22H24N2O6/c1-28-18-10-7-14(11-19(18)29-2)12-21(26)30-13-20(25)24-17-6-4-3-5-16(17)22(27)23-15-8-9-15/h3-7,10-11,15H,8-9,12-13H2,1-2H3,(H,23,27)(H,24,25). The predicted molar refractivity (Wildman–Crippen MR) is 110 cm³/mol. The first-order valence-corrected chi connectivity index (χ1v) is 9.56. The number of esters is 1. The van der Waals surface area contributed by atoms with Gasteiger partial charge >= 0.3 is 5.97 Å². The molecule has 2 aromatic rings. The molecule has 0 radical (unpaired) electrons. The summed E-state index contributed by atoms with van der Waals surface area (Å²) in [6, 6.07) is 12.0. The topological polar surface area (TPSA) is 103 Å². The normalized spacial score (nSPS) is 12.6. The van der Waals surface area contributed by atoms with Crippen molar-refractivity contribution in [1.82, 2.24) is 5.32 Å². The molecule has 30 heavy (non-hydrogen) atoms. The van der Waals surface area contributed by atoms with E-state index >= 15 is 0 Å². The molecule has 0 spiro atoms. The van der Waals surface area contributed by atoms with Crippen LogP contribution in [0.2, 0.25) is 0 Å². The zero-order valence-electron chi connectivity index (χ0n) is 16.9. The summed E-state index contributed by atoms with van der Waals surface area (Å²) >= 11 is 0. The number of amides is 2. The number of benzene rings is 2. The van der Waals surface area contributed by atoms with E-state index in [1.54, 1.807) is 42.5 Å². The lowest BCUT2D eigenvalue weighted by Crippen LogP contribution is -2.28.